The van der Waals surface area contributed by atoms with Crippen molar-refractivity contribution < 1.29 is 13.2 Å². The molecule has 0 aromatic rings. The minimum atomic E-state index is -2.86. The molecule has 5 heteroatoms. The molecule has 5 rings (SSSR count). The van der Waals surface area contributed by atoms with Crippen LogP contribution >= 0.6 is 0 Å². The first-order chi connectivity index (χ1) is 11.3. The van der Waals surface area contributed by atoms with E-state index in [-0.39, 0.29) is 28.7 Å². The third-order valence-corrected chi connectivity index (χ3v) is 8.95. The second-order valence-corrected chi connectivity index (χ2v) is 11.3. The van der Waals surface area contributed by atoms with Gasteiger partial charge in [-0.3, -0.25) is 4.79 Å². The smallest absolute Gasteiger partial charge is 0.243 e. The van der Waals surface area contributed by atoms with Crippen molar-refractivity contribution in [3.63, 3.8) is 0 Å². The maximum atomic E-state index is 12.3. The maximum Gasteiger partial charge on any atom is 0.243 e. The Balaban J connectivity index is 1.37. The summed E-state index contributed by atoms with van der Waals surface area (Å²) in [6, 6.07) is 0. The van der Waals surface area contributed by atoms with Crippen LogP contribution in [-0.2, 0) is 14.6 Å². The fourth-order valence-electron chi connectivity index (χ4n) is 6.27. The van der Waals surface area contributed by atoms with Crippen molar-refractivity contribution in [2.75, 3.05) is 18.1 Å². The molecule has 5 fully saturated rings. The van der Waals surface area contributed by atoms with Gasteiger partial charge in [0.05, 0.1) is 11.5 Å². The quantitative estimate of drug-likeness (QED) is 0.792. The number of amides is 1. The Hall–Kier alpha value is -0.840. The summed E-state index contributed by atoms with van der Waals surface area (Å²) >= 11 is 0. The van der Waals surface area contributed by atoms with Crippen molar-refractivity contribution in [3.05, 3.63) is 11.6 Å². The molecule has 4 saturated carbocycles. The average Bonchev–Trinajstić information content (AvgIpc) is 2.83. The number of allylic oxidation sites excluding steroid dienone is 1. The van der Waals surface area contributed by atoms with E-state index < -0.39 is 9.84 Å². The molecule has 1 amide bonds. The Morgan fingerprint density at radius 2 is 1.71 bits per heavy atom. The fourth-order valence-corrected chi connectivity index (χ4v) is 8.13. The number of rotatable bonds is 4. The number of hydrogen-bond acceptors (Lipinski definition) is 3. The predicted molar refractivity (Wildman–Crippen MR) is 94.1 cm³/mol. The predicted octanol–water partition coefficient (Wildman–Crippen LogP) is 2.70. The third kappa shape index (κ3) is 3.16. The summed E-state index contributed by atoms with van der Waals surface area (Å²) in [4.78, 5) is 12.3. The minimum Gasteiger partial charge on any atom is -0.352 e. The molecule has 1 saturated heterocycles. The van der Waals surface area contributed by atoms with E-state index in [1.807, 2.05) is 6.08 Å². The van der Waals surface area contributed by atoms with Crippen LogP contribution in [-0.4, -0.2) is 32.4 Å². The molecule has 1 heterocycles. The molecule has 1 N–H and O–H groups in total. The summed E-state index contributed by atoms with van der Waals surface area (Å²) < 4.78 is 23.0. The highest BCUT2D eigenvalue weighted by atomic mass is 32.2. The molecule has 5 aliphatic rings. The van der Waals surface area contributed by atoms with E-state index in [1.165, 1.54) is 44.1 Å². The molecule has 0 spiro atoms. The van der Waals surface area contributed by atoms with Crippen LogP contribution in [0.5, 0.6) is 0 Å². The van der Waals surface area contributed by atoms with Gasteiger partial charge in [-0.25, -0.2) is 8.42 Å². The number of carbonyl (C=O) groups is 1. The average molecular weight is 352 g/mol. The summed E-state index contributed by atoms with van der Waals surface area (Å²) in [6.45, 7) is 2.63. The molecule has 0 aromatic heterocycles. The second kappa shape index (κ2) is 5.86. The zero-order valence-electron chi connectivity index (χ0n) is 14.6. The van der Waals surface area contributed by atoms with Crippen LogP contribution in [0.25, 0.3) is 0 Å². The summed E-state index contributed by atoms with van der Waals surface area (Å²) in [6.07, 6.45) is 10.6. The lowest BCUT2D eigenvalue weighted by Crippen LogP contribution is -2.46. The third-order valence-electron chi connectivity index (χ3n) is 7.11. The monoisotopic (exact) mass is 351 g/mol. The lowest BCUT2D eigenvalue weighted by Gasteiger charge is -2.57. The van der Waals surface area contributed by atoms with Gasteiger partial charge in [-0.1, -0.05) is 5.57 Å². The molecule has 4 nitrogen and oxygen atoms in total. The molecule has 1 atom stereocenters. The van der Waals surface area contributed by atoms with E-state index in [9.17, 15) is 13.2 Å². The first kappa shape index (κ1) is 16.6. The van der Waals surface area contributed by atoms with Crippen LogP contribution in [0, 0.1) is 29.1 Å². The second-order valence-electron chi connectivity index (χ2n) is 9.04. The van der Waals surface area contributed by atoms with Gasteiger partial charge in [0, 0.05) is 12.6 Å². The molecule has 24 heavy (non-hydrogen) atoms. The molecular weight excluding hydrogens is 322 g/mol. The molecule has 0 radical (unpaired) electrons. The lowest BCUT2D eigenvalue weighted by atomic mass is 9.48. The number of carbonyl (C=O) groups excluding carboxylic acids is 1. The Morgan fingerprint density at radius 1 is 1.12 bits per heavy atom. The molecule has 0 unspecified atom stereocenters. The van der Waals surface area contributed by atoms with E-state index in [4.69, 9.17) is 0 Å². The fraction of sp³-hybridized carbons (Fsp3) is 0.842. The van der Waals surface area contributed by atoms with E-state index in [2.05, 4.69) is 12.2 Å². The highest BCUT2D eigenvalue weighted by Crippen LogP contribution is 2.62. The topological polar surface area (TPSA) is 63.2 Å². The number of hydrogen-bond donors (Lipinski definition) is 1. The maximum absolute atomic E-state index is 12.3. The van der Waals surface area contributed by atoms with Gasteiger partial charge >= 0.3 is 0 Å². The van der Waals surface area contributed by atoms with Crippen LogP contribution in [0.3, 0.4) is 0 Å². The normalized spacial score (nSPS) is 43.1. The largest absolute Gasteiger partial charge is 0.352 e. The lowest BCUT2D eigenvalue weighted by molar-refractivity contribution is -0.116. The van der Waals surface area contributed by atoms with Crippen molar-refractivity contribution in [3.8, 4) is 0 Å². The summed E-state index contributed by atoms with van der Waals surface area (Å²) in [5.41, 5.74) is 1.54. The van der Waals surface area contributed by atoms with Crippen molar-refractivity contribution in [1.29, 1.82) is 0 Å². The first-order valence-electron chi connectivity index (χ1n) is 9.51. The van der Waals surface area contributed by atoms with Crippen LogP contribution in [0.15, 0.2) is 11.6 Å². The van der Waals surface area contributed by atoms with Gasteiger partial charge in [-0.15, -0.1) is 0 Å². The summed E-state index contributed by atoms with van der Waals surface area (Å²) in [5.74, 6) is 3.20. The SMILES string of the molecule is C/C(=C/C(=O)NC[C@@H]1CCS(=O)(=O)C1)C12CC3CC(CC(C3)C1)C2. The van der Waals surface area contributed by atoms with Gasteiger partial charge in [0.25, 0.3) is 0 Å². The summed E-state index contributed by atoms with van der Waals surface area (Å²) in [7, 11) is -2.86. The van der Waals surface area contributed by atoms with E-state index in [0.717, 1.165) is 17.8 Å². The van der Waals surface area contributed by atoms with Gasteiger partial charge in [0.15, 0.2) is 9.84 Å². The van der Waals surface area contributed by atoms with E-state index in [1.54, 1.807) is 0 Å². The first-order valence-corrected chi connectivity index (χ1v) is 11.3. The minimum absolute atomic E-state index is 0.0347. The van der Waals surface area contributed by atoms with Gasteiger partial charge in [0.1, 0.15) is 0 Å². The zero-order chi connectivity index (χ0) is 16.9. The van der Waals surface area contributed by atoms with Crippen molar-refractivity contribution >= 4 is 15.7 Å². The van der Waals surface area contributed by atoms with Gasteiger partial charge in [-0.2, -0.15) is 0 Å². The van der Waals surface area contributed by atoms with Crippen molar-refractivity contribution in [2.24, 2.45) is 29.1 Å². The van der Waals surface area contributed by atoms with Crippen molar-refractivity contribution in [1.82, 2.24) is 5.32 Å². The molecule has 0 aromatic carbocycles. The number of nitrogens with one attached hydrogen (secondary N) is 1. The Morgan fingerprint density at radius 3 is 2.21 bits per heavy atom. The highest BCUT2D eigenvalue weighted by molar-refractivity contribution is 7.91. The van der Waals surface area contributed by atoms with Crippen LogP contribution in [0.1, 0.15) is 51.9 Å². The zero-order valence-corrected chi connectivity index (χ0v) is 15.4. The van der Waals surface area contributed by atoms with Gasteiger partial charge < -0.3 is 5.32 Å². The standard InChI is InChI=1S/C19H29NO3S/c1-13(4-18(21)20-11-14-2-3-24(22,23)12-14)19-8-15-5-16(9-19)7-17(6-15)10-19/h4,14-17H,2-3,5-12H2,1H3,(H,20,21)/b13-4-/t14-,15?,16?,17?,19?/m0/s1. The summed E-state index contributed by atoms with van der Waals surface area (Å²) in [5, 5.41) is 2.95. The van der Waals surface area contributed by atoms with Gasteiger partial charge in [0.2, 0.25) is 5.91 Å². The highest BCUT2D eigenvalue weighted by Gasteiger charge is 2.51. The van der Waals surface area contributed by atoms with Gasteiger partial charge in [-0.05, 0) is 81.0 Å². The van der Waals surface area contributed by atoms with Crippen LogP contribution in [0.2, 0.25) is 0 Å². The van der Waals surface area contributed by atoms with Crippen LogP contribution < -0.4 is 5.32 Å². The molecular formula is C19H29NO3S. The van der Waals surface area contributed by atoms with Crippen LogP contribution in [0.4, 0.5) is 0 Å². The Labute approximate surface area is 145 Å². The van der Waals surface area contributed by atoms with Crippen molar-refractivity contribution in [2.45, 2.75) is 51.9 Å². The Bertz CT molecular complexity index is 629. The Kier molecular flexibility index (Phi) is 4.06. The molecule has 4 bridgehead atoms. The molecule has 134 valence electrons. The number of sulfone groups is 1. The van der Waals surface area contributed by atoms with E-state index in [0.29, 0.717) is 13.0 Å². The molecule has 1 aliphatic heterocycles. The van der Waals surface area contributed by atoms with E-state index >= 15 is 0 Å². The molecule has 4 aliphatic carbocycles.